The molecular formula is C13H22ClN3. The molecule has 1 aromatic heterocycles. The van der Waals surface area contributed by atoms with Gasteiger partial charge in [0.1, 0.15) is 5.82 Å². The summed E-state index contributed by atoms with van der Waals surface area (Å²) in [6.45, 7) is 7.10. The first-order valence-electron chi connectivity index (χ1n) is 6.03. The topological polar surface area (TPSA) is 42.2 Å². The molecule has 96 valence electrons. The minimum Gasteiger partial charge on any atom is -0.356 e. The van der Waals surface area contributed by atoms with Crippen molar-refractivity contribution in [3.8, 4) is 0 Å². The van der Waals surface area contributed by atoms with Crippen LogP contribution in [0.4, 0.5) is 5.82 Å². The van der Waals surface area contributed by atoms with Crippen molar-refractivity contribution in [2.45, 2.75) is 39.8 Å². The lowest BCUT2D eigenvalue weighted by molar-refractivity contribution is 0.502. The molecule has 0 saturated heterocycles. The van der Waals surface area contributed by atoms with Crippen molar-refractivity contribution >= 4 is 17.4 Å². The van der Waals surface area contributed by atoms with Crippen molar-refractivity contribution in [3.63, 3.8) is 0 Å². The first-order chi connectivity index (χ1) is 7.95. The number of aromatic nitrogens is 1. The largest absolute Gasteiger partial charge is 0.356 e. The molecule has 1 unspecified atom stereocenters. The van der Waals surface area contributed by atoms with Gasteiger partial charge in [-0.05, 0) is 30.9 Å². The van der Waals surface area contributed by atoms with Crippen molar-refractivity contribution in [1.29, 1.82) is 0 Å². The Balaban J connectivity index is 2.84. The molecule has 3 nitrogen and oxygen atoms in total. The number of hydrogen-bond acceptors (Lipinski definition) is 3. The van der Waals surface area contributed by atoms with Crippen LogP contribution in [-0.4, -0.2) is 18.1 Å². The Hall–Kier alpha value is -0.800. The normalized spacial score (nSPS) is 12.9. The highest BCUT2D eigenvalue weighted by molar-refractivity contribution is 6.33. The highest BCUT2D eigenvalue weighted by atomic mass is 35.5. The van der Waals surface area contributed by atoms with Gasteiger partial charge in [-0.15, -0.1) is 0 Å². The molecule has 1 atom stereocenters. The van der Waals surface area contributed by atoms with E-state index in [2.05, 4.69) is 30.7 Å². The number of nitrogens with two attached hydrogens (primary N) is 1. The molecular weight excluding hydrogens is 234 g/mol. The summed E-state index contributed by atoms with van der Waals surface area (Å²) < 4.78 is 0. The Morgan fingerprint density at radius 3 is 2.53 bits per heavy atom. The molecule has 1 heterocycles. The Morgan fingerprint density at radius 1 is 1.41 bits per heavy atom. The number of hydrogen-bond donors (Lipinski definition) is 1. The molecule has 1 aromatic rings. The van der Waals surface area contributed by atoms with Crippen LogP contribution in [0.15, 0.2) is 12.3 Å². The molecule has 1 rings (SSSR count). The van der Waals surface area contributed by atoms with Crippen molar-refractivity contribution in [1.82, 2.24) is 4.98 Å². The zero-order chi connectivity index (χ0) is 13.0. The zero-order valence-corrected chi connectivity index (χ0v) is 11.8. The molecule has 4 heteroatoms. The molecule has 0 aliphatic carbocycles. The van der Waals surface area contributed by atoms with Gasteiger partial charge in [0.25, 0.3) is 0 Å². The predicted octanol–water partition coefficient (Wildman–Crippen LogP) is 3.06. The number of pyridine rings is 1. The van der Waals surface area contributed by atoms with Crippen molar-refractivity contribution in [2.75, 3.05) is 11.9 Å². The SMILES string of the molecule is CC(C)CC(C)N(C)c1ncc(CN)cc1Cl. The highest BCUT2D eigenvalue weighted by Crippen LogP contribution is 2.26. The van der Waals surface area contributed by atoms with E-state index < -0.39 is 0 Å². The van der Waals surface area contributed by atoms with Crippen LogP contribution in [0, 0.1) is 5.92 Å². The van der Waals surface area contributed by atoms with E-state index in [0.717, 1.165) is 17.8 Å². The maximum absolute atomic E-state index is 6.22. The summed E-state index contributed by atoms with van der Waals surface area (Å²) in [5.74, 6) is 1.49. The molecule has 0 fully saturated rings. The van der Waals surface area contributed by atoms with Gasteiger partial charge in [-0.25, -0.2) is 4.98 Å². The van der Waals surface area contributed by atoms with Crippen LogP contribution in [0.3, 0.4) is 0 Å². The Morgan fingerprint density at radius 2 is 2.06 bits per heavy atom. The van der Waals surface area contributed by atoms with Crippen LogP contribution < -0.4 is 10.6 Å². The predicted molar refractivity (Wildman–Crippen MR) is 74.5 cm³/mol. The Kier molecular flexibility index (Phi) is 5.22. The summed E-state index contributed by atoms with van der Waals surface area (Å²) in [4.78, 5) is 6.52. The fraction of sp³-hybridized carbons (Fsp3) is 0.615. The van der Waals surface area contributed by atoms with E-state index in [4.69, 9.17) is 17.3 Å². The number of anilines is 1. The number of halogens is 1. The standard InChI is InChI=1S/C13H22ClN3/c1-9(2)5-10(3)17(4)13-12(14)6-11(7-15)8-16-13/h6,8-10H,5,7,15H2,1-4H3. The Bertz CT molecular complexity index is 366. The quantitative estimate of drug-likeness (QED) is 0.879. The second-order valence-electron chi connectivity index (χ2n) is 4.94. The summed E-state index contributed by atoms with van der Waals surface area (Å²) in [5.41, 5.74) is 6.52. The average molecular weight is 256 g/mol. The maximum atomic E-state index is 6.22. The summed E-state index contributed by atoms with van der Waals surface area (Å²) in [6, 6.07) is 2.31. The van der Waals surface area contributed by atoms with Crippen LogP contribution in [0.25, 0.3) is 0 Å². The third-order valence-corrected chi connectivity index (χ3v) is 3.20. The van der Waals surface area contributed by atoms with E-state index in [1.807, 2.05) is 13.1 Å². The molecule has 0 aromatic carbocycles. The van der Waals surface area contributed by atoms with Gasteiger partial charge in [-0.2, -0.15) is 0 Å². The van der Waals surface area contributed by atoms with Gasteiger partial charge in [-0.1, -0.05) is 25.4 Å². The summed E-state index contributed by atoms with van der Waals surface area (Å²) in [5, 5.41) is 0.672. The monoisotopic (exact) mass is 255 g/mol. The van der Waals surface area contributed by atoms with E-state index in [1.54, 1.807) is 6.20 Å². The zero-order valence-electron chi connectivity index (χ0n) is 11.1. The van der Waals surface area contributed by atoms with Crippen LogP contribution in [0.2, 0.25) is 5.02 Å². The smallest absolute Gasteiger partial charge is 0.147 e. The molecule has 17 heavy (non-hydrogen) atoms. The van der Waals surface area contributed by atoms with Crippen LogP contribution >= 0.6 is 11.6 Å². The molecule has 0 radical (unpaired) electrons. The van der Waals surface area contributed by atoms with Crippen LogP contribution in [0.5, 0.6) is 0 Å². The summed E-state index contributed by atoms with van der Waals surface area (Å²) in [6.07, 6.45) is 2.91. The molecule has 0 bridgehead atoms. The minimum atomic E-state index is 0.420. The first kappa shape index (κ1) is 14.3. The lowest BCUT2D eigenvalue weighted by Crippen LogP contribution is -2.31. The van der Waals surface area contributed by atoms with E-state index in [0.29, 0.717) is 23.5 Å². The van der Waals surface area contributed by atoms with Gasteiger partial charge in [0.05, 0.1) is 5.02 Å². The van der Waals surface area contributed by atoms with Crippen LogP contribution in [0.1, 0.15) is 32.8 Å². The fourth-order valence-corrected chi connectivity index (χ4v) is 2.21. The van der Waals surface area contributed by atoms with Crippen molar-refractivity contribution in [2.24, 2.45) is 11.7 Å². The second kappa shape index (κ2) is 6.22. The third-order valence-electron chi connectivity index (χ3n) is 2.92. The van der Waals surface area contributed by atoms with Gasteiger partial charge >= 0.3 is 0 Å². The van der Waals surface area contributed by atoms with Crippen molar-refractivity contribution in [3.05, 3.63) is 22.8 Å². The molecule has 0 aliphatic heterocycles. The van der Waals surface area contributed by atoms with E-state index in [1.165, 1.54) is 0 Å². The summed E-state index contributed by atoms with van der Waals surface area (Å²) in [7, 11) is 2.03. The third kappa shape index (κ3) is 3.86. The van der Waals surface area contributed by atoms with Gasteiger partial charge in [0.2, 0.25) is 0 Å². The number of rotatable bonds is 5. The highest BCUT2D eigenvalue weighted by Gasteiger charge is 2.15. The Labute approximate surface area is 109 Å². The average Bonchev–Trinajstić information content (AvgIpc) is 2.27. The lowest BCUT2D eigenvalue weighted by atomic mass is 10.0. The summed E-state index contributed by atoms with van der Waals surface area (Å²) >= 11 is 6.22. The van der Waals surface area contributed by atoms with Crippen molar-refractivity contribution < 1.29 is 0 Å². The second-order valence-corrected chi connectivity index (χ2v) is 5.35. The molecule has 0 amide bonds. The fourth-order valence-electron chi connectivity index (χ4n) is 1.89. The van der Waals surface area contributed by atoms with E-state index >= 15 is 0 Å². The van der Waals surface area contributed by atoms with E-state index in [-0.39, 0.29) is 0 Å². The molecule has 0 spiro atoms. The lowest BCUT2D eigenvalue weighted by Gasteiger charge is -2.28. The minimum absolute atomic E-state index is 0.420. The molecule has 0 aliphatic rings. The van der Waals surface area contributed by atoms with Gasteiger partial charge in [-0.3, -0.25) is 0 Å². The van der Waals surface area contributed by atoms with Gasteiger partial charge in [0, 0.05) is 25.8 Å². The number of nitrogens with zero attached hydrogens (tertiary/aromatic N) is 2. The molecule has 2 N–H and O–H groups in total. The van der Waals surface area contributed by atoms with Crippen LogP contribution in [-0.2, 0) is 6.54 Å². The molecule has 0 saturated carbocycles. The van der Waals surface area contributed by atoms with E-state index in [9.17, 15) is 0 Å². The maximum Gasteiger partial charge on any atom is 0.147 e. The van der Waals surface area contributed by atoms with Gasteiger partial charge < -0.3 is 10.6 Å². The van der Waals surface area contributed by atoms with Gasteiger partial charge in [0.15, 0.2) is 0 Å². The first-order valence-corrected chi connectivity index (χ1v) is 6.40.